The highest BCUT2D eigenvalue weighted by Crippen LogP contribution is 2.09. The molecule has 3 N–H and O–H groups in total. The molecule has 0 aromatic rings. The molecule has 0 saturated heterocycles. The fourth-order valence-electron chi connectivity index (χ4n) is 1.50. The third-order valence-corrected chi connectivity index (χ3v) is 2.70. The Morgan fingerprint density at radius 1 is 1.21 bits per heavy atom. The minimum atomic E-state index is -0.886. The zero-order chi connectivity index (χ0) is 14.7. The van der Waals surface area contributed by atoms with Crippen molar-refractivity contribution in [2.24, 2.45) is 11.8 Å². The first-order valence-corrected chi connectivity index (χ1v) is 6.81. The lowest BCUT2D eigenvalue weighted by molar-refractivity contribution is -0.142. The molecule has 2 amide bonds. The van der Waals surface area contributed by atoms with Crippen LogP contribution < -0.4 is 10.6 Å². The summed E-state index contributed by atoms with van der Waals surface area (Å²) in [6.45, 7) is 7.71. The zero-order valence-corrected chi connectivity index (χ0v) is 12.1. The molecule has 0 aromatic heterocycles. The highest BCUT2D eigenvalue weighted by atomic mass is 16.5. The van der Waals surface area contributed by atoms with Crippen molar-refractivity contribution < 1.29 is 19.4 Å². The average molecular weight is 274 g/mol. The number of ether oxygens (including phenoxy) is 1. The summed E-state index contributed by atoms with van der Waals surface area (Å²) in [5.74, 6) is -1.46. The van der Waals surface area contributed by atoms with E-state index < -0.39 is 11.9 Å². The highest BCUT2D eigenvalue weighted by Gasteiger charge is 2.21. The van der Waals surface area contributed by atoms with Crippen LogP contribution in [0, 0.1) is 11.8 Å². The Bertz CT molecular complexity index is 269. The van der Waals surface area contributed by atoms with Gasteiger partial charge in [-0.05, 0) is 18.8 Å². The summed E-state index contributed by atoms with van der Waals surface area (Å²) < 4.78 is 5.28. The fraction of sp³-hybridized carbons (Fsp3) is 0.846. The van der Waals surface area contributed by atoms with Gasteiger partial charge >= 0.3 is 12.0 Å². The van der Waals surface area contributed by atoms with Gasteiger partial charge in [0, 0.05) is 26.3 Å². The molecule has 0 heterocycles. The standard InChI is InChI=1S/C13H26N2O4/c1-4-7-19-8-5-6-14-13(18)15-9-11(10(2)3)12(16)17/h10-11H,4-9H2,1-3H3,(H,16,17)(H2,14,15,18). The number of amides is 2. The zero-order valence-electron chi connectivity index (χ0n) is 12.1. The third-order valence-electron chi connectivity index (χ3n) is 2.70. The Balaban J connectivity index is 3.66. The van der Waals surface area contributed by atoms with Crippen molar-refractivity contribution >= 4 is 12.0 Å². The molecule has 0 rings (SSSR count). The van der Waals surface area contributed by atoms with Gasteiger partial charge in [0.1, 0.15) is 0 Å². The minimum absolute atomic E-state index is 0.0137. The second kappa shape index (κ2) is 10.6. The molecule has 6 nitrogen and oxygen atoms in total. The molecular formula is C13H26N2O4. The summed E-state index contributed by atoms with van der Waals surface area (Å²) in [5, 5.41) is 14.2. The van der Waals surface area contributed by atoms with Crippen molar-refractivity contribution in [2.75, 3.05) is 26.3 Å². The maximum atomic E-state index is 11.4. The monoisotopic (exact) mass is 274 g/mol. The number of carboxylic acid groups (broad SMARTS) is 1. The van der Waals surface area contributed by atoms with Gasteiger partial charge in [0.05, 0.1) is 5.92 Å². The van der Waals surface area contributed by atoms with Gasteiger partial charge in [0.15, 0.2) is 0 Å². The van der Waals surface area contributed by atoms with Crippen molar-refractivity contribution in [2.45, 2.75) is 33.6 Å². The van der Waals surface area contributed by atoms with Gasteiger partial charge in [-0.3, -0.25) is 4.79 Å². The summed E-state index contributed by atoms with van der Waals surface area (Å²) in [6.07, 6.45) is 1.74. The summed E-state index contributed by atoms with van der Waals surface area (Å²) >= 11 is 0. The van der Waals surface area contributed by atoms with Gasteiger partial charge < -0.3 is 20.5 Å². The van der Waals surface area contributed by atoms with Crippen LogP contribution in [0.5, 0.6) is 0 Å². The van der Waals surface area contributed by atoms with Crippen LogP contribution in [0.25, 0.3) is 0 Å². The number of hydrogen-bond acceptors (Lipinski definition) is 3. The van der Waals surface area contributed by atoms with E-state index in [1.807, 2.05) is 20.8 Å². The lowest BCUT2D eigenvalue weighted by atomic mass is 9.96. The Labute approximate surface area is 114 Å². The van der Waals surface area contributed by atoms with Crippen LogP contribution in [0.2, 0.25) is 0 Å². The molecular weight excluding hydrogens is 248 g/mol. The van der Waals surface area contributed by atoms with E-state index in [0.717, 1.165) is 19.4 Å². The first-order valence-electron chi connectivity index (χ1n) is 6.81. The molecule has 0 saturated carbocycles. The van der Waals surface area contributed by atoms with Gasteiger partial charge in [0.25, 0.3) is 0 Å². The number of hydrogen-bond donors (Lipinski definition) is 3. The molecule has 1 unspecified atom stereocenters. The highest BCUT2D eigenvalue weighted by molar-refractivity contribution is 5.75. The van der Waals surface area contributed by atoms with E-state index in [1.165, 1.54) is 0 Å². The largest absolute Gasteiger partial charge is 0.481 e. The Morgan fingerprint density at radius 2 is 1.89 bits per heavy atom. The van der Waals surface area contributed by atoms with Gasteiger partial charge in [-0.25, -0.2) is 4.79 Å². The van der Waals surface area contributed by atoms with E-state index in [-0.39, 0.29) is 18.5 Å². The summed E-state index contributed by atoms with van der Waals surface area (Å²) in [4.78, 5) is 22.4. The molecule has 112 valence electrons. The van der Waals surface area contributed by atoms with Crippen LogP contribution in [0.3, 0.4) is 0 Å². The molecule has 1 atom stereocenters. The summed E-state index contributed by atoms with van der Waals surface area (Å²) in [5.41, 5.74) is 0. The topological polar surface area (TPSA) is 87.7 Å². The summed E-state index contributed by atoms with van der Waals surface area (Å²) in [7, 11) is 0. The quantitative estimate of drug-likeness (QED) is 0.526. The Morgan fingerprint density at radius 3 is 2.42 bits per heavy atom. The van der Waals surface area contributed by atoms with Crippen LogP contribution in [0.1, 0.15) is 33.6 Å². The van der Waals surface area contributed by atoms with Crippen LogP contribution in [0.4, 0.5) is 4.79 Å². The van der Waals surface area contributed by atoms with E-state index in [0.29, 0.717) is 13.2 Å². The van der Waals surface area contributed by atoms with Gasteiger partial charge in [-0.2, -0.15) is 0 Å². The normalized spacial score (nSPS) is 12.2. The van der Waals surface area contributed by atoms with Crippen LogP contribution in [-0.2, 0) is 9.53 Å². The molecule has 0 aliphatic heterocycles. The van der Waals surface area contributed by atoms with Crippen molar-refractivity contribution in [3.05, 3.63) is 0 Å². The third kappa shape index (κ3) is 9.30. The number of urea groups is 1. The maximum absolute atomic E-state index is 11.4. The molecule has 0 radical (unpaired) electrons. The number of carbonyl (C=O) groups excluding carboxylic acids is 1. The van der Waals surface area contributed by atoms with E-state index in [9.17, 15) is 9.59 Å². The van der Waals surface area contributed by atoms with Crippen LogP contribution in [-0.4, -0.2) is 43.4 Å². The van der Waals surface area contributed by atoms with Crippen LogP contribution >= 0.6 is 0 Å². The van der Waals surface area contributed by atoms with Gasteiger partial charge in [-0.15, -0.1) is 0 Å². The predicted octanol–water partition coefficient (Wildman–Crippen LogP) is 1.46. The maximum Gasteiger partial charge on any atom is 0.314 e. The first-order chi connectivity index (χ1) is 8.99. The number of carbonyl (C=O) groups is 2. The number of aliphatic carboxylic acids is 1. The fourth-order valence-corrected chi connectivity index (χ4v) is 1.50. The van der Waals surface area contributed by atoms with E-state index in [2.05, 4.69) is 10.6 Å². The molecule has 0 aliphatic rings. The smallest absolute Gasteiger partial charge is 0.314 e. The van der Waals surface area contributed by atoms with Crippen molar-refractivity contribution in [1.82, 2.24) is 10.6 Å². The number of rotatable bonds is 10. The molecule has 6 heteroatoms. The van der Waals surface area contributed by atoms with E-state index in [1.54, 1.807) is 0 Å². The average Bonchev–Trinajstić information content (AvgIpc) is 2.33. The summed E-state index contributed by atoms with van der Waals surface area (Å²) in [6, 6.07) is -0.331. The molecule has 0 aromatic carbocycles. The second-order valence-corrected chi connectivity index (χ2v) is 4.79. The predicted molar refractivity (Wildman–Crippen MR) is 73.1 cm³/mol. The second-order valence-electron chi connectivity index (χ2n) is 4.79. The number of nitrogens with one attached hydrogen (secondary N) is 2. The lowest BCUT2D eigenvalue weighted by Crippen LogP contribution is -2.41. The molecule has 0 aliphatic carbocycles. The van der Waals surface area contributed by atoms with Gasteiger partial charge in [-0.1, -0.05) is 20.8 Å². The van der Waals surface area contributed by atoms with Gasteiger partial charge in [0.2, 0.25) is 0 Å². The lowest BCUT2D eigenvalue weighted by Gasteiger charge is -2.16. The van der Waals surface area contributed by atoms with Crippen molar-refractivity contribution in [3.8, 4) is 0 Å². The van der Waals surface area contributed by atoms with Crippen molar-refractivity contribution in [3.63, 3.8) is 0 Å². The SMILES string of the molecule is CCCOCCCNC(=O)NCC(C(=O)O)C(C)C. The first kappa shape index (κ1) is 17.7. The van der Waals surface area contributed by atoms with E-state index >= 15 is 0 Å². The van der Waals surface area contributed by atoms with E-state index in [4.69, 9.17) is 9.84 Å². The minimum Gasteiger partial charge on any atom is -0.481 e. The van der Waals surface area contributed by atoms with Crippen molar-refractivity contribution in [1.29, 1.82) is 0 Å². The Hall–Kier alpha value is -1.30. The Kier molecular flexibility index (Phi) is 9.88. The van der Waals surface area contributed by atoms with Crippen LogP contribution in [0.15, 0.2) is 0 Å². The molecule has 0 fully saturated rings. The molecule has 0 spiro atoms. The molecule has 0 bridgehead atoms. The molecule has 19 heavy (non-hydrogen) atoms. The number of carboxylic acids is 1.